The SMILES string of the molecule is C[C@H]1[C@H](C)CC[C@]2(C(=O)N3CCN(C(=S)Nc4cccc(C(F)(F)F)c4)CC3)CC[C@]3(C)C(=CC[C@@H]4[C@@]5(C)CC[C@H](O)C(C)(C)[C@@H]5CC[C@]43C)[C@H]12. The first-order valence-corrected chi connectivity index (χ1v) is 20.1. The molecule has 0 bridgehead atoms. The number of piperazine rings is 1. The first kappa shape index (κ1) is 37.2. The van der Waals surface area contributed by atoms with Gasteiger partial charge in [-0.15, -0.1) is 0 Å². The summed E-state index contributed by atoms with van der Waals surface area (Å²) in [5.41, 5.74) is 1.05. The third kappa shape index (κ3) is 5.54. The molecule has 10 atom stereocenters. The number of hydrogen-bond donors (Lipinski definition) is 2. The second-order valence-electron chi connectivity index (χ2n) is 19.0. The van der Waals surface area contributed by atoms with Crippen molar-refractivity contribution in [2.24, 2.45) is 56.7 Å². The zero-order valence-electron chi connectivity index (χ0n) is 31.8. The Labute approximate surface area is 309 Å². The standard InChI is InChI=1S/C42H60F3N3O2S/c1-26-13-18-41(35(50)47-21-23-48(24-22-47)36(51)46-29-10-8-9-28(25-29)42(43,44)45)20-19-39(6)30(34(41)27(26)2)11-12-32-38(5)16-15-33(49)37(3,4)31(38)14-17-40(32,39)7/h8-11,25-27,31-34,49H,12-24H2,1-7H3,(H,46,51)/t26-,27+,31+,32-,33+,34+,38+,39-,40-,41+/m1/s1. The van der Waals surface area contributed by atoms with Crippen molar-refractivity contribution in [2.75, 3.05) is 31.5 Å². The lowest BCUT2D eigenvalue weighted by molar-refractivity contribution is -0.205. The molecule has 1 aliphatic heterocycles. The van der Waals surface area contributed by atoms with Crippen LogP contribution in [-0.4, -0.2) is 58.2 Å². The Morgan fingerprint density at radius 2 is 1.59 bits per heavy atom. The van der Waals surface area contributed by atoms with Crippen LogP contribution in [0, 0.1) is 56.7 Å². The van der Waals surface area contributed by atoms with Gasteiger partial charge in [-0.1, -0.05) is 66.2 Å². The molecule has 5 nitrogen and oxygen atoms in total. The van der Waals surface area contributed by atoms with Crippen LogP contribution in [0.4, 0.5) is 18.9 Å². The summed E-state index contributed by atoms with van der Waals surface area (Å²) in [6.07, 6.45) is 7.30. The van der Waals surface area contributed by atoms with Crippen LogP contribution >= 0.6 is 12.2 Å². The van der Waals surface area contributed by atoms with E-state index >= 15 is 4.79 Å². The van der Waals surface area contributed by atoms with Gasteiger partial charge in [0, 0.05) is 31.9 Å². The van der Waals surface area contributed by atoms with Gasteiger partial charge in [-0.2, -0.15) is 13.2 Å². The molecule has 0 unspecified atom stereocenters. The summed E-state index contributed by atoms with van der Waals surface area (Å²) in [5, 5.41) is 14.5. The fourth-order valence-corrected chi connectivity index (χ4v) is 13.6. The maximum atomic E-state index is 15.0. The van der Waals surface area contributed by atoms with Gasteiger partial charge < -0.3 is 20.2 Å². The molecule has 5 fully saturated rings. The number of amides is 1. The smallest absolute Gasteiger partial charge is 0.393 e. The van der Waals surface area contributed by atoms with Crippen molar-refractivity contribution in [3.8, 4) is 0 Å². The molecular weight excluding hydrogens is 668 g/mol. The molecule has 282 valence electrons. The molecule has 0 aromatic heterocycles. The molecule has 9 heteroatoms. The highest BCUT2D eigenvalue weighted by atomic mass is 32.1. The summed E-state index contributed by atoms with van der Waals surface area (Å²) >= 11 is 5.65. The summed E-state index contributed by atoms with van der Waals surface area (Å²) < 4.78 is 39.9. The van der Waals surface area contributed by atoms with E-state index in [1.165, 1.54) is 12.5 Å². The average Bonchev–Trinajstić information content (AvgIpc) is 3.08. The highest BCUT2D eigenvalue weighted by Gasteiger charge is 2.69. The van der Waals surface area contributed by atoms with Crippen molar-refractivity contribution in [2.45, 2.75) is 119 Å². The molecule has 1 amide bonds. The van der Waals surface area contributed by atoms with Gasteiger partial charge in [-0.3, -0.25) is 4.79 Å². The Kier molecular flexibility index (Phi) is 9.09. The molecule has 1 saturated heterocycles. The Balaban J connectivity index is 1.12. The molecule has 51 heavy (non-hydrogen) atoms. The van der Waals surface area contributed by atoms with Crippen molar-refractivity contribution >= 4 is 28.9 Å². The largest absolute Gasteiger partial charge is 0.416 e. The van der Waals surface area contributed by atoms with Crippen LogP contribution < -0.4 is 5.32 Å². The van der Waals surface area contributed by atoms with Crippen molar-refractivity contribution in [3.05, 3.63) is 41.5 Å². The molecule has 4 saturated carbocycles. The predicted molar refractivity (Wildman–Crippen MR) is 201 cm³/mol. The second-order valence-corrected chi connectivity index (χ2v) is 19.4. The summed E-state index contributed by atoms with van der Waals surface area (Å²) in [6, 6.07) is 5.12. The highest BCUT2D eigenvalue weighted by Crippen LogP contribution is 2.76. The number of carbonyl (C=O) groups excluding carboxylic acids is 1. The minimum Gasteiger partial charge on any atom is -0.393 e. The van der Waals surface area contributed by atoms with E-state index in [0.29, 0.717) is 66.6 Å². The van der Waals surface area contributed by atoms with Crippen molar-refractivity contribution in [1.82, 2.24) is 9.80 Å². The van der Waals surface area contributed by atoms with Gasteiger partial charge in [-0.25, -0.2) is 0 Å². The van der Waals surface area contributed by atoms with E-state index in [1.54, 1.807) is 11.6 Å². The lowest BCUT2D eigenvalue weighted by atomic mass is 9.33. The van der Waals surface area contributed by atoms with Gasteiger partial charge in [0.1, 0.15) is 0 Å². The van der Waals surface area contributed by atoms with Crippen LogP contribution in [0.15, 0.2) is 35.9 Å². The molecule has 5 aliphatic carbocycles. The molecule has 1 heterocycles. The van der Waals surface area contributed by atoms with E-state index in [1.807, 2.05) is 4.90 Å². The molecule has 0 spiro atoms. The minimum atomic E-state index is -4.42. The monoisotopic (exact) mass is 727 g/mol. The Hall–Kier alpha value is -2.13. The summed E-state index contributed by atoms with van der Waals surface area (Å²) in [7, 11) is 0. The van der Waals surface area contributed by atoms with E-state index in [-0.39, 0.29) is 33.7 Å². The van der Waals surface area contributed by atoms with E-state index in [0.717, 1.165) is 63.5 Å². The van der Waals surface area contributed by atoms with Gasteiger partial charge in [0.15, 0.2) is 5.11 Å². The fraction of sp³-hybridized carbons (Fsp3) is 0.762. The second kappa shape index (κ2) is 12.5. The normalized spacial score (nSPS) is 42.1. The number of anilines is 1. The lowest BCUT2D eigenvalue weighted by Gasteiger charge is -2.71. The maximum absolute atomic E-state index is 15.0. The van der Waals surface area contributed by atoms with Gasteiger partial charge in [0.25, 0.3) is 0 Å². The molecular formula is C42H60F3N3O2S. The lowest BCUT2D eigenvalue weighted by Crippen LogP contribution is -2.66. The van der Waals surface area contributed by atoms with Crippen LogP contribution in [-0.2, 0) is 11.0 Å². The number of allylic oxidation sites excluding steroid dienone is 2. The number of nitrogens with one attached hydrogen (secondary N) is 1. The topological polar surface area (TPSA) is 55.8 Å². The van der Waals surface area contributed by atoms with E-state index < -0.39 is 17.2 Å². The number of benzene rings is 1. The number of carbonyl (C=O) groups is 1. The van der Waals surface area contributed by atoms with Crippen molar-refractivity contribution < 1.29 is 23.1 Å². The number of hydrogen-bond acceptors (Lipinski definition) is 3. The predicted octanol–water partition coefficient (Wildman–Crippen LogP) is 9.56. The quantitative estimate of drug-likeness (QED) is 0.235. The summed E-state index contributed by atoms with van der Waals surface area (Å²) in [4.78, 5) is 19.1. The van der Waals surface area contributed by atoms with Crippen LogP contribution in [0.5, 0.6) is 0 Å². The van der Waals surface area contributed by atoms with Crippen LogP contribution in [0.1, 0.15) is 112 Å². The number of rotatable bonds is 2. The van der Waals surface area contributed by atoms with Crippen molar-refractivity contribution in [1.29, 1.82) is 0 Å². The Morgan fingerprint density at radius 3 is 2.27 bits per heavy atom. The fourth-order valence-electron chi connectivity index (χ4n) is 13.3. The number of fused-ring (bicyclic) bond motifs is 7. The molecule has 6 aliphatic rings. The number of thiocarbonyl (C=S) groups is 1. The molecule has 1 aromatic carbocycles. The summed E-state index contributed by atoms with van der Waals surface area (Å²) in [5.74, 6) is 2.56. The van der Waals surface area contributed by atoms with Gasteiger partial charge >= 0.3 is 6.18 Å². The van der Waals surface area contributed by atoms with Crippen LogP contribution in [0.2, 0.25) is 0 Å². The van der Waals surface area contributed by atoms with Crippen molar-refractivity contribution in [3.63, 3.8) is 0 Å². The van der Waals surface area contributed by atoms with E-state index in [2.05, 4.69) is 64.8 Å². The first-order chi connectivity index (χ1) is 23.8. The van der Waals surface area contributed by atoms with Crippen LogP contribution in [0.3, 0.4) is 0 Å². The first-order valence-electron chi connectivity index (χ1n) is 19.7. The third-order valence-electron chi connectivity index (χ3n) is 16.7. The van der Waals surface area contributed by atoms with Crippen LogP contribution in [0.25, 0.3) is 0 Å². The zero-order chi connectivity index (χ0) is 36.9. The Morgan fingerprint density at radius 1 is 0.902 bits per heavy atom. The van der Waals surface area contributed by atoms with Gasteiger partial charge in [0.05, 0.1) is 17.1 Å². The Bertz CT molecular complexity index is 1590. The van der Waals surface area contributed by atoms with Gasteiger partial charge in [0.2, 0.25) is 5.91 Å². The molecule has 0 radical (unpaired) electrons. The molecule has 1 aromatic rings. The third-order valence-corrected chi connectivity index (χ3v) is 17.1. The number of aliphatic hydroxyl groups is 1. The van der Waals surface area contributed by atoms with Gasteiger partial charge in [-0.05, 0) is 139 Å². The number of nitrogens with zero attached hydrogens (tertiary/aromatic N) is 2. The number of halogens is 3. The van der Waals surface area contributed by atoms with E-state index in [9.17, 15) is 18.3 Å². The highest BCUT2D eigenvalue weighted by molar-refractivity contribution is 7.80. The minimum absolute atomic E-state index is 0.0316. The zero-order valence-corrected chi connectivity index (χ0v) is 32.7. The molecule has 2 N–H and O–H groups in total. The summed E-state index contributed by atoms with van der Waals surface area (Å²) in [6.45, 7) is 19.3. The number of alkyl halides is 3. The molecule has 7 rings (SSSR count). The maximum Gasteiger partial charge on any atom is 0.416 e. The number of aliphatic hydroxyl groups excluding tert-OH is 1. The van der Waals surface area contributed by atoms with E-state index in [4.69, 9.17) is 12.2 Å². The average molecular weight is 728 g/mol.